The molecule has 27 heavy (non-hydrogen) atoms. The lowest BCUT2D eigenvalue weighted by molar-refractivity contribution is 0.0556. The lowest BCUT2D eigenvalue weighted by atomic mass is 9.82. The summed E-state index contributed by atoms with van der Waals surface area (Å²) in [5.41, 5.74) is 2.20. The van der Waals surface area contributed by atoms with Crippen LogP contribution in [-0.4, -0.2) is 52.4 Å². The topological polar surface area (TPSA) is 36.4 Å². The van der Waals surface area contributed by atoms with E-state index in [4.69, 9.17) is 0 Å². The van der Waals surface area contributed by atoms with Crippen LogP contribution in [0.15, 0.2) is 41.4 Å². The Morgan fingerprint density at radius 2 is 1.89 bits per heavy atom. The zero-order chi connectivity index (χ0) is 18.2. The summed E-state index contributed by atoms with van der Waals surface area (Å²) in [4.78, 5) is 22.2. The van der Waals surface area contributed by atoms with Gasteiger partial charge in [0, 0.05) is 61.5 Å². The molecule has 0 unspecified atom stereocenters. The summed E-state index contributed by atoms with van der Waals surface area (Å²) in [6, 6.07) is 7.11. The molecule has 2 aliphatic heterocycles. The summed E-state index contributed by atoms with van der Waals surface area (Å²) >= 11 is 1.77. The van der Waals surface area contributed by atoms with E-state index >= 15 is 0 Å². The molecule has 5 rings (SSSR count). The van der Waals surface area contributed by atoms with Gasteiger partial charge in [0.05, 0.1) is 0 Å². The second-order valence-corrected chi connectivity index (χ2v) is 9.09. The number of carbonyl (C=O) groups is 1. The summed E-state index contributed by atoms with van der Waals surface area (Å²) in [6.07, 6.45) is 10.0. The van der Waals surface area contributed by atoms with Crippen molar-refractivity contribution in [3.63, 3.8) is 0 Å². The van der Waals surface area contributed by atoms with Crippen LogP contribution in [0, 0.1) is 5.92 Å². The van der Waals surface area contributed by atoms with Gasteiger partial charge in [-0.2, -0.15) is 11.3 Å². The molecule has 5 heteroatoms. The summed E-state index contributed by atoms with van der Waals surface area (Å²) < 4.78 is 0. The molecule has 3 fully saturated rings. The second-order valence-electron chi connectivity index (χ2n) is 8.31. The normalized spacial score (nSPS) is 29.2. The molecular weight excluding hydrogens is 354 g/mol. The zero-order valence-electron chi connectivity index (χ0n) is 15.7. The first-order valence-electron chi connectivity index (χ1n) is 10.3. The van der Waals surface area contributed by atoms with Gasteiger partial charge in [-0.1, -0.05) is 12.8 Å². The quantitative estimate of drug-likeness (QED) is 0.806. The number of aromatic nitrogens is 1. The predicted octanol–water partition coefficient (Wildman–Crippen LogP) is 4.02. The first kappa shape index (κ1) is 17.4. The number of thiophene rings is 1. The van der Waals surface area contributed by atoms with Gasteiger partial charge in [0.1, 0.15) is 0 Å². The van der Waals surface area contributed by atoms with Crippen molar-refractivity contribution in [3.8, 4) is 0 Å². The van der Waals surface area contributed by atoms with Crippen LogP contribution in [0.2, 0.25) is 0 Å². The molecule has 1 amide bonds. The van der Waals surface area contributed by atoms with Crippen LogP contribution in [0.1, 0.15) is 53.9 Å². The zero-order valence-corrected chi connectivity index (χ0v) is 16.5. The number of likely N-dealkylation sites (tertiary alicyclic amines) is 2. The maximum Gasteiger partial charge on any atom is 0.254 e. The van der Waals surface area contributed by atoms with Gasteiger partial charge in [0.25, 0.3) is 5.91 Å². The first-order chi connectivity index (χ1) is 13.3. The maximum absolute atomic E-state index is 13.2. The third kappa shape index (κ3) is 3.21. The third-order valence-corrected chi connectivity index (χ3v) is 7.66. The van der Waals surface area contributed by atoms with Crippen LogP contribution in [0.5, 0.6) is 0 Å². The Hall–Kier alpha value is -1.72. The summed E-state index contributed by atoms with van der Waals surface area (Å²) in [5.74, 6) is 1.20. The van der Waals surface area contributed by atoms with Gasteiger partial charge in [-0.15, -0.1) is 0 Å². The highest BCUT2D eigenvalue weighted by Crippen LogP contribution is 2.43. The number of pyridine rings is 1. The van der Waals surface area contributed by atoms with E-state index in [2.05, 4.69) is 31.6 Å². The number of fused-ring (bicyclic) bond motifs is 1. The van der Waals surface area contributed by atoms with Crippen LogP contribution in [0.4, 0.5) is 0 Å². The van der Waals surface area contributed by atoms with Crippen molar-refractivity contribution >= 4 is 17.2 Å². The number of hydrogen-bond acceptors (Lipinski definition) is 4. The highest BCUT2D eigenvalue weighted by molar-refractivity contribution is 7.08. The van der Waals surface area contributed by atoms with Crippen LogP contribution in [0.25, 0.3) is 0 Å². The van der Waals surface area contributed by atoms with Crippen LogP contribution in [-0.2, 0) is 0 Å². The fourth-order valence-electron chi connectivity index (χ4n) is 5.59. The standard InChI is InChI=1S/C22H27N3OS/c26-22(16-5-9-23-10-6-16)25-14-19(17-8-12-27-15-17)20-13-24(11-7-21(20)25)18-3-1-2-4-18/h5-6,8-10,12,15,18-21H,1-4,7,11,13-14H2/t19-,20-,21-/m0/s1. The first-order valence-corrected chi connectivity index (χ1v) is 11.2. The van der Waals surface area contributed by atoms with Crippen molar-refractivity contribution in [3.05, 3.63) is 52.5 Å². The Balaban J connectivity index is 1.41. The van der Waals surface area contributed by atoms with Crippen molar-refractivity contribution in [1.29, 1.82) is 0 Å². The van der Waals surface area contributed by atoms with E-state index in [0.717, 1.165) is 37.7 Å². The molecule has 142 valence electrons. The van der Waals surface area contributed by atoms with E-state index in [1.165, 1.54) is 31.2 Å². The van der Waals surface area contributed by atoms with Crippen LogP contribution < -0.4 is 0 Å². The number of nitrogens with zero attached hydrogens (tertiary/aromatic N) is 3. The van der Waals surface area contributed by atoms with E-state index in [1.54, 1.807) is 23.7 Å². The Morgan fingerprint density at radius 3 is 2.63 bits per heavy atom. The molecule has 1 saturated carbocycles. The Kier molecular flexibility index (Phi) is 4.74. The highest BCUT2D eigenvalue weighted by Gasteiger charge is 2.48. The minimum absolute atomic E-state index is 0.180. The number of piperidine rings is 1. The van der Waals surface area contributed by atoms with Gasteiger partial charge in [-0.05, 0) is 53.8 Å². The molecule has 0 bridgehead atoms. The Morgan fingerprint density at radius 1 is 1.07 bits per heavy atom. The SMILES string of the molecule is O=C(c1ccncc1)N1C[C@@H](c2ccsc2)[C@@H]2CN(C3CCCC3)CC[C@@H]21. The molecule has 3 aliphatic rings. The predicted molar refractivity (Wildman–Crippen MR) is 108 cm³/mol. The molecule has 2 aromatic heterocycles. The van der Waals surface area contributed by atoms with Crippen molar-refractivity contribution in [2.45, 2.75) is 50.1 Å². The fourth-order valence-corrected chi connectivity index (χ4v) is 6.32. The van der Waals surface area contributed by atoms with Gasteiger partial charge in [-0.25, -0.2) is 0 Å². The largest absolute Gasteiger partial charge is 0.335 e. The maximum atomic E-state index is 13.2. The lowest BCUT2D eigenvalue weighted by Gasteiger charge is -2.41. The lowest BCUT2D eigenvalue weighted by Crippen LogP contribution is -2.50. The van der Waals surface area contributed by atoms with Crippen LogP contribution in [0.3, 0.4) is 0 Å². The number of rotatable bonds is 3. The van der Waals surface area contributed by atoms with E-state index in [9.17, 15) is 4.79 Å². The van der Waals surface area contributed by atoms with E-state index in [1.807, 2.05) is 12.1 Å². The van der Waals surface area contributed by atoms with E-state index < -0.39 is 0 Å². The average Bonchev–Trinajstić information content (AvgIpc) is 3.47. The van der Waals surface area contributed by atoms with Gasteiger partial charge in [0.2, 0.25) is 0 Å². The molecule has 0 aromatic carbocycles. The summed E-state index contributed by atoms with van der Waals surface area (Å²) in [6.45, 7) is 3.14. The molecular formula is C22H27N3OS. The van der Waals surface area contributed by atoms with Crippen molar-refractivity contribution in [2.24, 2.45) is 5.92 Å². The van der Waals surface area contributed by atoms with E-state index in [-0.39, 0.29) is 5.91 Å². The molecule has 2 saturated heterocycles. The third-order valence-electron chi connectivity index (χ3n) is 6.96. The molecule has 0 radical (unpaired) electrons. The minimum Gasteiger partial charge on any atom is -0.335 e. The second kappa shape index (κ2) is 7.36. The number of amides is 1. The number of carbonyl (C=O) groups excluding carboxylic acids is 1. The minimum atomic E-state index is 0.180. The number of hydrogen-bond donors (Lipinski definition) is 0. The van der Waals surface area contributed by atoms with E-state index in [0.29, 0.717) is 17.9 Å². The van der Waals surface area contributed by atoms with Crippen molar-refractivity contribution in [1.82, 2.24) is 14.8 Å². The van der Waals surface area contributed by atoms with Gasteiger partial charge >= 0.3 is 0 Å². The smallest absolute Gasteiger partial charge is 0.254 e. The summed E-state index contributed by atoms with van der Waals surface area (Å²) in [5, 5.41) is 4.46. The molecule has 4 nitrogen and oxygen atoms in total. The average molecular weight is 382 g/mol. The fraction of sp³-hybridized carbons (Fsp3) is 0.545. The monoisotopic (exact) mass is 381 g/mol. The highest BCUT2D eigenvalue weighted by atomic mass is 32.1. The molecule has 3 atom stereocenters. The van der Waals surface area contributed by atoms with Crippen molar-refractivity contribution in [2.75, 3.05) is 19.6 Å². The molecule has 0 N–H and O–H groups in total. The van der Waals surface area contributed by atoms with Gasteiger partial charge < -0.3 is 4.90 Å². The van der Waals surface area contributed by atoms with Gasteiger partial charge in [-0.3, -0.25) is 14.7 Å². The van der Waals surface area contributed by atoms with Crippen molar-refractivity contribution < 1.29 is 4.79 Å². The Labute approximate surface area is 165 Å². The molecule has 0 spiro atoms. The van der Waals surface area contributed by atoms with Crippen LogP contribution >= 0.6 is 11.3 Å². The Bertz CT molecular complexity index is 772. The molecule has 1 aliphatic carbocycles. The van der Waals surface area contributed by atoms with Gasteiger partial charge in [0.15, 0.2) is 0 Å². The molecule has 4 heterocycles. The summed E-state index contributed by atoms with van der Waals surface area (Å²) in [7, 11) is 0. The molecule has 2 aromatic rings.